The van der Waals surface area contributed by atoms with Gasteiger partial charge in [0.15, 0.2) is 0 Å². The van der Waals surface area contributed by atoms with E-state index in [1.54, 1.807) is 6.20 Å². The Hall–Kier alpha value is -2.26. The molecule has 3 saturated heterocycles. The van der Waals surface area contributed by atoms with Crippen molar-refractivity contribution in [1.29, 1.82) is 0 Å². The van der Waals surface area contributed by atoms with Crippen molar-refractivity contribution in [1.82, 2.24) is 20.2 Å². The van der Waals surface area contributed by atoms with E-state index in [0.29, 0.717) is 49.8 Å². The number of morpholine rings is 1. The minimum atomic E-state index is -0.0122. The highest BCUT2D eigenvalue weighted by atomic mass is 16.5. The number of carbonyl (C=O) groups excluding carboxylic acids is 2. The largest absolute Gasteiger partial charge is 0.378 e. The minimum Gasteiger partial charge on any atom is -0.378 e. The summed E-state index contributed by atoms with van der Waals surface area (Å²) in [6.07, 6.45) is 7.76. The van der Waals surface area contributed by atoms with Crippen LogP contribution >= 0.6 is 0 Å². The number of ether oxygens (including phenoxy) is 2. The molecule has 0 unspecified atom stereocenters. The molecule has 3 aliphatic rings. The molecule has 4 rings (SSSR count). The molecule has 3 aliphatic heterocycles. The lowest BCUT2D eigenvalue weighted by atomic mass is 10.1. The summed E-state index contributed by atoms with van der Waals surface area (Å²) in [5.74, 6) is 0.600. The third kappa shape index (κ3) is 5.92. The molecule has 9 heteroatoms. The highest BCUT2D eigenvalue weighted by Gasteiger charge is 2.25. The number of nitrogens with zero attached hydrogens (tertiary/aromatic N) is 4. The number of hydrogen-bond acceptors (Lipinski definition) is 7. The smallest absolute Gasteiger partial charge is 0.257 e. The van der Waals surface area contributed by atoms with E-state index in [2.05, 4.69) is 15.2 Å². The van der Waals surface area contributed by atoms with Crippen molar-refractivity contribution >= 4 is 17.8 Å². The van der Waals surface area contributed by atoms with Crippen molar-refractivity contribution in [3.05, 3.63) is 17.5 Å². The lowest BCUT2D eigenvalue weighted by Gasteiger charge is -2.27. The maximum absolute atomic E-state index is 13.0. The zero-order chi connectivity index (χ0) is 21.5. The molecule has 31 heavy (non-hydrogen) atoms. The number of rotatable bonds is 7. The Labute approximate surface area is 183 Å². The maximum Gasteiger partial charge on any atom is 0.257 e. The monoisotopic (exact) mass is 431 g/mol. The summed E-state index contributed by atoms with van der Waals surface area (Å²) in [6.45, 7) is 5.49. The van der Waals surface area contributed by atoms with Gasteiger partial charge in [-0.15, -0.1) is 0 Å². The molecule has 2 amide bonds. The number of carbonyl (C=O) groups is 2. The molecule has 170 valence electrons. The van der Waals surface area contributed by atoms with Crippen molar-refractivity contribution in [3.63, 3.8) is 0 Å². The van der Waals surface area contributed by atoms with Gasteiger partial charge in [0.2, 0.25) is 11.9 Å². The van der Waals surface area contributed by atoms with Crippen LogP contribution in [0.2, 0.25) is 0 Å². The van der Waals surface area contributed by atoms with Gasteiger partial charge >= 0.3 is 0 Å². The zero-order valence-corrected chi connectivity index (χ0v) is 18.2. The SMILES string of the molecule is O=C(C[C@H]1CCCCO1)NCCc1nc(N2CCOCC2)ncc1C(=O)N1CCCC1. The molecular weight excluding hydrogens is 398 g/mol. The van der Waals surface area contributed by atoms with E-state index >= 15 is 0 Å². The predicted molar refractivity (Wildman–Crippen MR) is 115 cm³/mol. The molecule has 4 heterocycles. The van der Waals surface area contributed by atoms with Crippen molar-refractivity contribution in [2.45, 2.75) is 51.0 Å². The van der Waals surface area contributed by atoms with Crippen molar-refractivity contribution < 1.29 is 19.1 Å². The first-order valence-corrected chi connectivity index (χ1v) is 11.6. The molecule has 1 aromatic heterocycles. The molecule has 0 bridgehead atoms. The van der Waals surface area contributed by atoms with Gasteiger partial charge in [0.1, 0.15) is 0 Å². The van der Waals surface area contributed by atoms with E-state index in [4.69, 9.17) is 14.5 Å². The normalized spacial score (nSPS) is 21.9. The molecule has 0 aliphatic carbocycles. The van der Waals surface area contributed by atoms with E-state index in [1.165, 1.54) is 0 Å². The Morgan fingerprint density at radius 1 is 1.06 bits per heavy atom. The van der Waals surface area contributed by atoms with Crippen LogP contribution in [0.4, 0.5) is 5.95 Å². The van der Waals surface area contributed by atoms with Gasteiger partial charge in [0.25, 0.3) is 5.91 Å². The molecule has 0 saturated carbocycles. The van der Waals surface area contributed by atoms with Crippen LogP contribution < -0.4 is 10.2 Å². The van der Waals surface area contributed by atoms with Crippen LogP contribution in [0.25, 0.3) is 0 Å². The summed E-state index contributed by atoms with van der Waals surface area (Å²) in [5, 5.41) is 2.98. The first-order chi connectivity index (χ1) is 15.2. The van der Waals surface area contributed by atoms with Gasteiger partial charge < -0.3 is 24.6 Å². The van der Waals surface area contributed by atoms with Crippen LogP contribution in [0.5, 0.6) is 0 Å². The molecule has 9 nitrogen and oxygen atoms in total. The maximum atomic E-state index is 13.0. The van der Waals surface area contributed by atoms with Gasteiger partial charge in [-0.25, -0.2) is 9.97 Å². The van der Waals surface area contributed by atoms with E-state index in [-0.39, 0.29) is 17.9 Å². The minimum absolute atomic E-state index is 0.0111. The van der Waals surface area contributed by atoms with Gasteiger partial charge in [0, 0.05) is 51.9 Å². The molecule has 0 spiro atoms. The third-order valence-electron chi connectivity index (χ3n) is 6.14. The Balaban J connectivity index is 1.40. The first kappa shape index (κ1) is 22.0. The summed E-state index contributed by atoms with van der Waals surface area (Å²) in [5.41, 5.74) is 1.24. The van der Waals surface area contributed by atoms with E-state index in [0.717, 1.165) is 64.9 Å². The summed E-state index contributed by atoms with van der Waals surface area (Å²) >= 11 is 0. The van der Waals surface area contributed by atoms with Crippen LogP contribution in [0.1, 0.15) is 54.6 Å². The molecule has 1 N–H and O–H groups in total. The average Bonchev–Trinajstić information content (AvgIpc) is 3.35. The van der Waals surface area contributed by atoms with Crippen LogP contribution in [0, 0.1) is 0 Å². The standard InChI is InChI=1S/C22H33N5O4/c28-20(15-17-5-1-4-12-31-17)23-7-6-19-18(21(29)26-8-2-3-9-26)16-24-22(25-19)27-10-13-30-14-11-27/h16-17H,1-15H2,(H,23,28)/t17-/m1/s1. The highest BCUT2D eigenvalue weighted by Crippen LogP contribution is 2.19. The fourth-order valence-corrected chi connectivity index (χ4v) is 4.35. The lowest BCUT2D eigenvalue weighted by molar-refractivity contribution is -0.124. The van der Waals surface area contributed by atoms with Crippen LogP contribution in [-0.4, -0.2) is 85.3 Å². The summed E-state index contributed by atoms with van der Waals surface area (Å²) < 4.78 is 11.1. The van der Waals surface area contributed by atoms with Gasteiger partial charge in [-0.2, -0.15) is 0 Å². The van der Waals surface area contributed by atoms with Gasteiger partial charge in [-0.1, -0.05) is 0 Å². The molecule has 0 aromatic carbocycles. The van der Waals surface area contributed by atoms with Crippen molar-refractivity contribution in [2.24, 2.45) is 0 Å². The van der Waals surface area contributed by atoms with E-state index in [1.807, 2.05) is 4.90 Å². The molecular formula is C22H33N5O4. The third-order valence-corrected chi connectivity index (χ3v) is 6.14. The summed E-state index contributed by atoms with van der Waals surface area (Å²) in [7, 11) is 0. The van der Waals surface area contributed by atoms with Crippen LogP contribution in [-0.2, 0) is 20.7 Å². The second kappa shape index (κ2) is 10.9. The second-order valence-corrected chi connectivity index (χ2v) is 8.42. The molecule has 3 fully saturated rings. The first-order valence-electron chi connectivity index (χ1n) is 11.6. The van der Waals surface area contributed by atoms with Crippen LogP contribution in [0.15, 0.2) is 6.20 Å². The summed E-state index contributed by atoms with van der Waals surface area (Å²) in [4.78, 5) is 38.5. The topological polar surface area (TPSA) is 96.9 Å². The number of anilines is 1. The highest BCUT2D eigenvalue weighted by molar-refractivity contribution is 5.95. The Morgan fingerprint density at radius 3 is 2.61 bits per heavy atom. The average molecular weight is 432 g/mol. The van der Waals surface area contributed by atoms with Gasteiger partial charge in [-0.3, -0.25) is 9.59 Å². The van der Waals surface area contributed by atoms with Crippen molar-refractivity contribution in [2.75, 3.05) is 57.4 Å². The number of amides is 2. The Morgan fingerprint density at radius 2 is 1.87 bits per heavy atom. The lowest BCUT2D eigenvalue weighted by Crippen LogP contribution is -2.38. The quantitative estimate of drug-likeness (QED) is 0.692. The zero-order valence-electron chi connectivity index (χ0n) is 18.2. The number of nitrogens with one attached hydrogen (secondary N) is 1. The number of likely N-dealkylation sites (tertiary alicyclic amines) is 1. The predicted octanol–water partition coefficient (Wildman–Crippen LogP) is 1.17. The van der Waals surface area contributed by atoms with Gasteiger partial charge in [-0.05, 0) is 32.1 Å². The fraction of sp³-hybridized carbons (Fsp3) is 0.727. The summed E-state index contributed by atoms with van der Waals surface area (Å²) in [6, 6.07) is 0. The van der Waals surface area contributed by atoms with E-state index < -0.39 is 0 Å². The van der Waals surface area contributed by atoms with Gasteiger partial charge in [0.05, 0.1) is 37.0 Å². The molecule has 1 atom stereocenters. The Bertz CT molecular complexity index is 756. The number of aromatic nitrogens is 2. The van der Waals surface area contributed by atoms with Crippen LogP contribution in [0.3, 0.4) is 0 Å². The molecule has 0 radical (unpaired) electrons. The van der Waals surface area contributed by atoms with Crippen molar-refractivity contribution in [3.8, 4) is 0 Å². The molecule has 1 aromatic rings. The fourth-order valence-electron chi connectivity index (χ4n) is 4.35. The van der Waals surface area contributed by atoms with E-state index in [9.17, 15) is 9.59 Å². The Kier molecular flexibility index (Phi) is 7.69. The second-order valence-electron chi connectivity index (χ2n) is 8.42. The number of hydrogen-bond donors (Lipinski definition) is 1.